The van der Waals surface area contributed by atoms with Crippen LogP contribution in [0.1, 0.15) is 56.2 Å². The van der Waals surface area contributed by atoms with Crippen LogP contribution < -0.4 is 10.1 Å². The number of aryl methyl sites for hydroxylation is 2. The molecule has 2 aromatic rings. The van der Waals surface area contributed by atoms with Crippen LogP contribution in [0, 0.1) is 6.92 Å². The SMILES string of the molecule is CCc1ccc(OCC(=O)N(Cc2ccccc2C)C(C)C(=O)NC2CCCC2)c(Br)c1. The molecule has 1 saturated carbocycles. The molecule has 3 rings (SSSR count). The molecule has 32 heavy (non-hydrogen) atoms. The summed E-state index contributed by atoms with van der Waals surface area (Å²) < 4.78 is 6.66. The zero-order valence-corrected chi connectivity index (χ0v) is 20.8. The van der Waals surface area contributed by atoms with Crippen molar-refractivity contribution in [2.45, 2.75) is 71.5 Å². The van der Waals surface area contributed by atoms with Crippen molar-refractivity contribution in [2.75, 3.05) is 6.61 Å². The van der Waals surface area contributed by atoms with Crippen molar-refractivity contribution in [1.29, 1.82) is 0 Å². The average Bonchev–Trinajstić information content (AvgIpc) is 3.30. The molecule has 0 bridgehead atoms. The summed E-state index contributed by atoms with van der Waals surface area (Å²) in [6, 6.07) is 13.4. The first-order valence-electron chi connectivity index (χ1n) is 11.4. The molecule has 2 aromatic carbocycles. The lowest BCUT2D eigenvalue weighted by Crippen LogP contribution is -2.50. The Kier molecular flexibility index (Phi) is 8.74. The van der Waals surface area contributed by atoms with Gasteiger partial charge in [0.25, 0.3) is 5.91 Å². The van der Waals surface area contributed by atoms with Crippen LogP contribution in [-0.2, 0) is 22.6 Å². The fraction of sp³-hybridized carbons (Fsp3) is 0.462. The van der Waals surface area contributed by atoms with Crippen LogP contribution in [0.25, 0.3) is 0 Å². The minimum atomic E-state index is -0.586. The summed E-state index contributed by atoms with van der Waals surface area (Å²) in [6.45, 7) is 6.14. The Morgan fingerprint density at radius 1 is 1.19 bits per heavy atom. The number of hydrogen-bond acceptors (Lipinski definition) is 3. The van der Waals surface area contributed by atoms with E-state index in [2.05, 4.69) is 28.2 Å². The number of nitrogens with zero attached hydrogens (tertiary/aromatic N) is 1. The van der Waals surface area contributed by atoms with Gasteiger partial charge in [-0.15, -0.1) is 0 Å². The second-order valence-electron chi connectivity index (χ2n) is 8.52. The Balaban J connectivity index is 1.73. The van der Waals surface area contributed by atoms with E-state index in [1.165, 1.54) is 5.56 Å². The van der Waals surface area contributed by atoms with E-state index in [0.29, 0.717) is 12.3 Å². The van der Waals surface area contributed by atoms with Gasteiger partial charge in [-0.25, -0.2) is 0 Å². The topological polar surface area (TPSA) is 58.6 Å². The van der Waals surface area contributed by atoms with Crippen molar-refractivity contribution in [3.05, 3.63) is 63.6 Å². The van der Waals surface area contributed by atoms with Gasteiger partial charge in [-0.1, -0.05) is 50.1 Å². The molecule has 1 atom stereocenters. The van der Waals surface area contributed by atoms with Gasteiger partial charge < -0.3 is 15.0 Å². The minimum absolute atomic E-state index is 0.104. The van der Waals surface area contributed by atoms with E-state index in [0.717, 1.165) is 47.7 Å². The highest BCUT2D eigenvalue weighted by Crippen LogP contribution is 2.26. The van der Waals surface area contributed by atoms with E-state index in [-0.39, 0.29) is 24.5 Å². The number of amides is 2. The molecular weight excluding hydrogens is 468 g/mol. The molecule has 6 heteroatoms. The van der Waals surface area contributed by atoms with Crippen LogP contribution in [-0.4, -0.2) is 35.4 Å². The van der Waals surface area contributed by atoms with E-state index >= 15 is 0 Å². The normalized spacial score (nSPS) is 14.8. The van der Waals surface area contributed by atoms with Crippen molar-refractivity contribution in [2.24, 2.45) is 0 Å². The number of carbonyl (C=O) groups is 2. The largest absolute Gasteiger partial charge is 0.483 e. The van der Waals surface area contributed by atoms with Crippen molar-refractivity contribution < 1.29 is 14.3 Å². The summed E-state index contributed by atoms with van der Waals surface area (Å²) in [6.07, 6.45) is 5.23. The lowest BCUT2D eigenvalue weighted by Gasteiger charge is -2.30. The van der Waals surface area contributed by atoms with Crippen LogP contribution in [0.5, 0.6) is 5.75 Å². The monoisotopic (exact) mass is 500 g/mol. The quantitative estimate of drug-likeness (QED) is 0.516. The maximum Gasteiger partial charge on any atom is 0.261 e. The van der Waals surface area contributed by atoms with Crippen LogP contribution >= 0.6 is 15.9 Å². The number of rotatable bonds is 9. The number of hydrogen-bond donors (Lipinski definition) is 1. The molecule has 0 heterocycles. The number of nitrogens with one attached hydrogen (secondary N) is 1. The molecule has 1 fully saturated rings. The molecule has 0 spiro atoms. The second-order valence-corrected chi connectivity index (χ2v) is 9.38. The molecule has 0 saturated heterocycles. The molecule has 1 unspecified atom stereocenters. The third-order valence-corrected chi connectivity index (χ3v) is 6.85. The summed E-state index contributed by atoms with van der Waals surface area (Å²) in [5.41, 5.74) is 3.30. The number of halogens is 1. The van der Waals surface area contributed by atoms with Gasteiger partial charge in [-0.3, -0.25) is 9.59 Å². The predicted molar refractivity (Wildman–Crippen MR) is 131 cm³/mol. The molecule has 0 radical (unpaired) electrons. The summed E-state index contributed by atoms with van der Waals surface area (Å²) in [5, 5.41) is 3.13. The van der Waals surface area contributed by atoms with E-state index in [1.54, 1.807) is 11.8 Å². The molecule has 1 aliphatic rings. The number of carbonyl (C=O) groups excluding carboxylic acids is 2. The lowest BCUT2D eigenvalue weighted by molar-refractivity contribution is -0.142. The van der Waals surface area contributed by atoms with Crippen LogP contribution in [0.4, 0.5) is 0 Å². The first-order chi connectivity index (χ1) is 15.4. The molecule has 1 aliphatic carbocycles. The summed E-state index contributed by atoms with van der Waals surface area (Å²) in [7, 11) is 0. The maximum absolute atomic E-state index is 13.3. The van der Waals surface area contributed by atoms with Crippen LogP contribution in [0.15, 0.2) is 46.9 Å². The summed E-state index contributed by atoms with van der Waals surface area (Å²) in [4.78, 5) is 27.8. The van der Waals surface area contributed by atoms with Gasteiger partial charge in [-0.2, -0.15) is 0 Å². The van der Waals surface area contributed by atoms with Crippen molar-refractivity contribution in [1.82, 2.24) is 10.2 Å². The van der Waals surface area contributed by atoms with E-state index in [9.17, 15) is 9.59 Å². The predicted octanol–water partition coefficient (Wildman–Crippen LogP) is 5.17. The van der Waals surface area contributed by atoms with Gasteiger partial charge >= 0.3 is 0 Å². The molecule has 172 valence electrons. The zero-order chi connectivity index (χ0) is 23.1. The second kappa shape index (κ2) is 11.5. The summed E-state index contributed by atoms with van der Waals surface area (Å²) >= 11 is 3.53. The minimum Gasteiger partial charge on any atom is -0.483 e. The third kappa shape index (κ3) is 6.35. The van der Waals surface area contributed by atoms with E-state index in [1.807, 2.05) is 49.4 Å². The van der Waals surface area contributed by atoms with Gasteiger partial charge in [0.2, 0.25) is 5.91 Å². The standard InChI is InChI=1S/C26H33BrN2O3/c1-4-20-13-14-24(23(27)15-20)32-17-25(30)29(16-21-10-6-5-9-18(21)2)19(3)26(31)28-22-11-7-8-12-22/h5-6,9-10,13-15,19,22H,4,7-8,11-12,16-17H2,1-3H3,(H,28,31). The smallest absolute Gasteiger partial charge is 0.261 e. The van der Waals surface area contributed by atoms with Gasteiger partial charge in [0.1, 0.15) is 11.8 Å². The molecule has 0 aromatic heterocycles. The third-order valence-electron chi connectivity index (χ3n) is 6.23. The average molecular weight is 501 g/mol. The Morgan fingerprint density at radius 2 is 1.91 bits per heavy atom. The van der Waals surface area contributed by atoms with Gasteiger partial charge in [-0.05, 0) is 77.9 Å². The number of benzene rings is 2. The van der Waals surface area contributed by atoms with Gasteiger partial charge in [0.05, 0.1) is 4.47 Å². The highest BCUT2D eigenvalue weighted by molar-refractivity contribution is 9.10. The van der Waals surface area contributed by atoms with E-state index in [4.69, 9.17) is 4.74 Å². The first-order valence-corrected chi connectivity index (χ1v) is 12.2. The van der Waals surface area contributed by atoms with Crippen LogP contribution in [0.2, 0.25) is 0 Å². The Hall–Kier alpha value is -2.34. The zero-order valence-electron chi connectivity index (χ0n) is 19.2. The van der Waals surface area contributed by atoms with Gasteiger partial charge in [0, 0.05) is 12.6 Å². The number of ether oxygens (including phenoxy) is 1. The van der Waals surface area contributed by atoms with Crippen molar-refractivity contribution in [3.8, 4) is 5.75 Å². The molecule has 5 nitrogen and oxygen atoms in total. The molecule has 1 N–H and O–H groups in total. The maximum atomic E-state index is 13.3. The lowest BCUT2D eigenvalue weighted by atomic mass is 10.1. The Bertz CT molecular complexity index is 940. The molecule has 0 aliphatic heterocycles. The molecular formula is C26H33BrN2O3. The highest BCUT2D eigenvalue weighted by atomic mass is 79.9. The first kappa shape index (κ1) is 24.3. The van der Waals surface area contributed by atoms with Gasteiger partial charge in [0.15, 0.2) is 6.61 Å². The van der Waals surface area contributed by atoms with Crippen molar-refractivity contribution in [3.63, 3.8) is 0 Å². The highest BCUT2D eigenvalue weighted by Gasteiger charge is 2.29. The Labute approximate surface area is 199 Å². The molecule has 2 amide bonds. The fourth-order valence-corrected chi connectivity index (χ4v) is 4.59. The van der Waals surface area contributed by atoms with Crippen molar-refractivity contribution >= 4 is 27.7 Å². The fourth-order valence-electron chi connectivity index (χ4n) is 4.05. The van der Waals surface area contributed by atoms with Crippen LogP contribution in [0.3, 0.4) is 0 Å². The van der Waals surface area contributed by atoms with E-state index < -0.39 is 6.04 Å². The Morgan fingerprint density at radius 3 is 2.56 bits per heavy atom. The summed E-state index contributed by atoms with van der Waals surface area (Å²) in [5.74, 6) is 0.301.